The molecule has 0 bridgehead atoms. The van der Waals surface area contributed by atoms with Gasteiger partial charge in [0.05, 0.1) is 27.2 Å². The van der Waals surface area contributed by atoms with Crippen molar-refractivity contribution < 1.29 is 9.53 Å². The molecule has 0 saturated carbocycles. The standard InChI is InChI=1S/C13H11BrClNO2S/c1-18-13(17)8-2-4-10(15)11(6-8)16-7-9-3-5-12(14)19-9/h2-6,16H,7H2,1H3. The van der Waals surface area contributed by atoms with E-state index in [1.165, 1.54) is 12.0 Å². The number of esters is 1. The van der Waals surface area contributed by atoms with Crippen LogP contribution in [0.5, 0.6) is 0 Å². The number of methoxy groups -OCH3 is 1. The van der Waals surface area contributed by atoms with Gasteiger partial charge in [0, 0.05) is 11.4 Å². The molecule has 3 nitrogen and oxygen atoms in total. The van der Waals surface area contributed by atoms with Gasteiger partial charge in [0.15, 0.2) is 0 Å². The highest BCUT2D eigenvalue weighted by Crippen LogP contribution is 2.26. The molecule has 0 radical (unpaired) electrons. The third kappa shape index (κ3) is 3.72. The molecule has 2 aromatic rings. The highest BCUT2D eigenvalue weighted by atomic mass is 79.9. The van der Waals surface area contributed by atoms with Gasteiger partial charge in [-0.2, -0.15) is 0 Å². The van der Waals surface area contributed by atoms with Crippen LogP contribution in [0.1, 0.15) is 15.2 Å². The summed E-state index contributed by atoms with van der Waals surface area (Å²) in [6, 6.07) is 9.03. The summed E-state index contributed by atoms with van der Waals surface area (Å²) >= 11 is 11.2. The minimum atomic E-state index is -0.376. The van der Waals surface area contributed by atoms with Crippen molar-refractivity contribution in [1.82, 2.24) is 0 Å². The molecule has 1 aromatic carbocycles. The first-order valence-corrected chi connectivity index (χ1v) is 7.45. The summed E-state index contributed by atoms with van der Waals surface area (Å²) in [7, 11) is 1.35. The second-order valence-electron chi connectivity index (χ2n) is 3.75. The molecule has 0 atom stereocenters. The maximum Gasteiger partial charge on any atom is 0.337 e. The van der Waals surface area contributed by atoms with Crippen LogP contribution >= 0.6 is 38.9 Å². The summed E-state index contributed by atoms with van der Waals surface area (Å²) < 4.78 is 5.77. The smallest absolute Gasteiger partial charge is 0.337 e. The lowest BCUT2D eigenvalue weighted by Crippen LogP contribution is -2.04. The summed E-state index contributed by atoms with van der Waals surface area (Å²) in [4.78, 5) is 12.6. The summed E-state index contributed by atoms with van der Waals surface area (Å²) in [6.45, 7) is 0.653. The lowest BCUT2D eigenvalue weighted by molar-refractivity contribution is 0.0601. The predicted octanol–water partition coefficient (Wildman–Crippen LogP) is 4.56. The van der Waals surface area contributed by atoms with E-state index < -0.39 is 0 Å². The average molecular weight is 361 g/mol. The van der Waals surface area contributed by atoms with Gasteiger partial charge in [0.1, 0.15) is 0 Å². The minimum Gasteiger partial charge on any atom is -0.465 e. The van der Waals surface area contributed by atoms with E-state index in [-0.39, 0.29) is 5.97 Å². The molecule has 19 heavy (non-hydrogen) atoms. The van der Waals surface area contributed by atoms with Crippen molar-refractivity contribution in [2.24, 2.45) is 0 Å². The Kier molecular flexibility index (Phi) is 4.85. The number of thiophene rings is 1. The Morgan fingerprint density at radius 3 is 2.84 bits per heavy atom. The van der Waals surface area contributed by atoms with E-state index in [1.54, 1.807) is 29.5 Å². The molecule has 0 spiro atoms. The molecule has 1 aromatic heterocycles. The van der Waals surface area contributed by atoms with Crippen LogP contribution in [-0.4, -0.2) is 13.1 Å². The minimum absolute atomic E-state index is 0.376. The molecule has 2 rings (SSSR count). The van der Waals surface area contributed by atoms with E-state index in [0.717, 1.165) is 3.79 Å². The fourth-order valence-corrected chi connectivity index (χ4v) is 3.14. The number of carbonyl (C=O) groups is 1. The average Bonchev–Trinajstić information content (AvgIpc) is 2.82. The molecular formula is C13H11BrClNO2S. The highest BCUT2D eigenvalue weighted by molar-refractivity contribution is 9.11. The van der Waals surface area contributed by atoms with Gasteiger partial charge in [-0.25, -0.2) is 4.79 Å². The molecule has 1 N–H and O–H groups in total. The number of halogens is 2. The highest BCUT2D eigenvalue weighted by Gasteiger charge is 2.09. The van der Waals surface area contributed by atoms with Crippen LogP contribution in [-0.2, 0) is 11.3 Å². The summed E-state index contributed by atoms with van der Waals surface area (Å²) in [5, 5.41) is 3.78. The van der Waals surface area contributed by atoms with Crippen LogP contribution in [0.2, 0.25) is 5.02 Å². The number of hydrogen-bond donors (Lipinski definition) is 1. The monoisotopic (exact) mass is 359 g/mol. The number of carbonyl (C=O) groups excluding carboxylic acids is 1. The number of hydrogen-bond acceptors (Lipinski definition) is 4. The van der Waals surface area contributed by atoms with Crippen molar-refractivity contribution in [2.75, 3.05) is 12.4 Å². The van der Waals surface area contributed by atoms with Gasteiger partial charge < -0.3 is 10.1 Å². The SMILES string of the molecule is COC(=O)c1ccc(Cl)c(NCc2ccc(Br)s2)c1. The molecule has 0 saturated heterocycles. The van der Waals surface area contributed by atoms with Gasteiger partial charge in [0.25, 0.3) is 0 Å². The fraction of sp³-hybridized carbons (Fsp3) is 0.154. The molecule has 0 aliphatic carbocycles. The Hall–Kier alpha value is -1.04. The van der Waals surface area contributed by atoms with E-state index in [9.17, 15) is 4.79 Å². The van der Waals surface area contributed by atoms with Gasteiger partial charge >= 0.3 is 5.97 Å². The zero-order chi connectivity index (χ0) is 13.8. The second-order valence-corrected chi connectivity index (χ2v) is 6.70. The van der Waals surface area contributed by atoms with E-state index in [0.29, 0.717) is 22.8 Å². The topological polar surface area (TPSA) is 38.3 Å². The molecule has 0 aliphatic heterocycles. The molecular weight excluding hydrogens is 350 g/mol. The van der Waals surface area contributed by atoms with Gasteiger partial charge in [-0.15, -0.1) is 11.3 Å². The lowest BCUT2D eigenvalue weighted by Gasteiger charge is -2.09. The molecule has 0 aliphatic rings. The number of nitrogens with one attached hydrogen (secondary N) is 1. The number of ether oxygens (including phenoxy) is 1. The Balaban J connectivity index is 2.12. The van der Waals surface area contributed by atoms with Crippen molar-refractivity contribution in [2.45, 2.75) is 6.54 Å². The van der Waals surface area contributed by atoms with Gasteiger partial charge in [-0.3, -0.25) is 0 Å². The number of benzene rings is 1. The largest absolute Gasteiger partial charge is 0.465 e. The number of rotatable bonds is 4. The van der Waals surface area contributed by atoms with E-state index in [4.69, 9.17) is 11.6 Å². The zero-order valence-corrected chi connectivity index (χ0v) is 13.2. The summed E-state index contributed by atoms with van der Waals surface area (Å²) in [5.41, 5.74) is 1.19. The second kappa shape index (κ2) is 6.41. The van der Waals surface area contributed by atoms with Gasteiger partial charge in [0.2, 0.25) is 0 Å². The normalized spacial score (nSPS) is 10.3. The van der Waals surface area contributed by atoms with Gasteiger partial charge in [-0.1, -0.05) is 11.6 Å². The van der Waals surface area contributed by atoms with E-state index in [2.05, 4.69) is 26.0 Å². The van der Waals surface area contributed by atoms with Gasteiger partial charge in [-0.05, 0) is 46.3 Å². The lowest BCUT2D eigenvalue weighted by atomic mass is 10.2. The van der Waals surface area contributed by atoms with Crippen LogP contribution < -0.4 is 5.32 Å². The quantitative estimate of drug-likeness (QED) is 0.812. The summed E-state index contributed by atoms with van der Waals surface area (Å²) in [5.74, 6) is -0.376. The third-order valence-corrected chi connectivity index (χ3v) is 4.42. The molecule has 1 heterocycles. The Labute approximate surface area is 128 Å². The van der Waals surface area contributed by atoms with Crippen LogP contribution in [0.15, 0.2) is 34.1 Å². The first-order valence-electron chi connectivity index (χ1n) is 5.46. The third-order valence-electron chi connectivity index (χ3n) is 2.47. The van der Waals surface area contributed by atoms with E-state index >= 15 is 0 Å². The van der Waals surface area contributed by atoms with Crippen LogP contribution in [0.4, 0.5) is 5.69 Å². The first-order chi connectivity index (χ1) is 9.10. The summed E-state index contributed by atoms with van der Waals surface area (Å²) in [6.07, 6.45) is 0. The van der Waals surface area contributed by atoms with Crippen molar-refractivity contribution in [3.05, 3.63) is 49.6 Å². The molecule has 0 unspecified atom stereocenters. The van der Waals surface area contributed by atoms with Crippen molar-refractivity contribution >= 4 is 50.5 Å². The zero-order valence-electron chi connectivity index (χ0n) is 10.1. The maximum absolute atomic E-state index is 11.5. The Bertz CT molecular complexity index is 600. The molecule has 0 fully saturated rings. The van der Waals surface area contributed by atoms with Crippen LogP contribution in [0.3, 0.4) is 0 Å². The van der Waals surface area contributed by atoms with Crippen molar-refractivity contribution in [1.29, 1.82) is 0 Å². The van der Waals surface area contributed by atoms with E-state index in [1.807, 2.05) is 12.1 Å². The Morgan fingerprint density at radius 2 is 2.21 bits per heavy atom. The molecule has 100 valence electrons. The fourth-order valence-electron chi connectivity index (χ4n) is 1.53. The molecule has 6 heteroatoms. The first kappa shape index (κ1) is 14.4. The maximum atomic E-state index is 11.5. The van der Waals surface area contributed by atoms with Crippen LogP contribution in [0.25, 0.3) is 0 Å². The van der Waals surface area contributed by atoms with Crippen molar-refractivity contribution in [3.63, 3.8) is 0 Å². The van der Waals surface area contributed by atoms with Crippen LogP contribution in [0, 0.1) is 0 Å². The number of anilines is 1. The molecule has 0 amide bonds. The Morgan fingerprint density at radius 1 is 1.42 bits per heavy atom. The van der Waals surface area contributed by atoms with Crippen molar-refractivity contribution in [3.8, 4) is 0 Å². The predicted molar refractivity (Wildman–Crippen MR) is 82.1 cm³/mol.